The fraction of sp³-hybridized carbons (Fsp3) is 0.217. The zero-order valence-corrected chi connectivity index (χ0v) is 18.8. The van der Waals surface area contributed by atoms with Gasteiger partial charge >= 0.3 is 12.1 Å². The van der Waals surface area contributed by atoms with E-state index in [1.165, 1.54) is 34.5 Å². The van der Waals surface area contributed by atoms with E-state index in [4.69, 9.17) is 9.47 Å². The zero-order valence-electron chi connectivity index (χ0n) is 18.0. The van der Waals surface area contributed by atoms with Crippen molar-refractivity contribution in [3.63, 3.8) is 0 Å². The van der Waals surface area contributed by atoms with Crippen LogP contribution in [0, 0.1) is 0 Å². The molecular weight excluding hydrogens is 469 g/mol. The van der Waals surface area contributed by atoms with Gasteiger partial charge in [0.25, 0.3) is 0 Å². The lowest BCUT2D eigenvalue weighted by Gasteiger charge is -2.12. The van der Waals surface area contributed by atoms with E-state index < -0.39 is 17.7 Å². The highest BCUT2D eigenvalue weighted by molar-refractivity contribution is 7.09. The van der Waals surface area contributed by atoms with Gasteiger partial charge in [0.05, 0.1) is 36.2 Å². The van der Waals surface area contributed by atoms with Gasteiger partial charge in [-0.25, -0.2) is 9.78 Å². The lowest BCUT2D eigenvalue weighted by atomic mass is 10.1. The van der Waals surface area contributed by atoms with Crippen molar-refractivity contribution in [2.75, 3.05) is 6.61 Å². The first-order chi connectivity index (χ1) is 16.3. The third-order valence-electron chi connectivity index (χ3n) is 4.65. The van der Waals surface area contributed by atoms with Crippen LogP contribution in [0.25, 0.3) is 11.3 Å². The molecule has 3 heterocycles. The van der Waals surface area contributed by atoms with Crippen molar-refractivity contribution in [2.45, 2.75) is 26.3 Å². The average molecular weight is 488 g/mol. The highest BCUT2D eigenvalue weighted by Gasteiger charge is 2.32. The van der Waals surface area contributed by atoms with Crippen LogP contribution in [0.2, 0.25) is 0 Å². The third-order valence-corrected chi connectivity index (χ3v) is 5.48. The predicted molar refractivity (Wildman–Crippen MR) is 118 cm³/mol. The molecule has 0 N–H and O–H groups in total. The second-order valence-corrected chi connectivity index (χ2v) is 8.11. The van der Waals surface area contributed by atoms with Crippen molar-refractivity contribution in [3.05, 3.63) is 82.2 Å². The molecule has 4 rings (SSSR count). The molecule has 0 aliphatic rings. The minimum absolute atomic E-state index is 0.0781. The Morgan fingerprint density at radius 3 is 2.79 bits per heavy atom. The predicted octanol–water partition coefficient (Wildman–Crippen LogP) is 5.22. The number of pyridine rings is 1. The molecule has 0 bridgehead atoms. The summed E-state index contributed by atoms with van der Waals surface area (Å²) in [5.74, 6) is -0.397. The van der Waals surface area contributed by atoms with Crippen molar-refractivity contribution < 1.29 is 27.4 Å². The minimum atomic E-state index is -4.54. The van der Waals surface area contributed by atoms with Crippen LogP contribution in [0.15, 0.2) is 60.5 Å². The molecule has 11 heteroatoms. The first-order valence-electron chi connectivity index (χ1n) is 10.2. The number of carbonyl (C=O) groups excluding carboxylic acids is 1. The highest BCUT2D eigenvalue weighted by atomic mass is 32.1. The van der Waals surface area contributed by atoms with Crippen molar-refractivity contribution in [3.8, 4) is 17.0 Å². The molecule has 1 aromatic carbocycles. The number of hydrogen-bond donors (Lipinski definition) is 0. The summed E-state index contributed by atoms with van der Waals surface area (Å²) in [5.41, 5.74) is 0.888. The molecule has 0 saturated heterocycles. The highest BCUT2D eigenvalue weighted by Crippen LogP contribution is 2.36. The molecule has 0 aliphatic heterocycles. The molecule has 0 saturated carbocycles. The van der Waals surface area contributed by atoms with Crippen LogP contribution in [-0.2, 0) is 24.1 Å². The van der Waals surface area contributed by atoms with Gasteiger partial charge in [0.15, 0.2) is 0 Å². The van der Waals surface area contributed by atoms with Gasteiger partial charge in [-0.3, -0.25) is 9.67 Å². The second kappa shape index (κ2) is 10.0. The number of benzene rings is 1. The Balaban J connectivity index is 1.54. The summed E-state index contributed by atoms with van der Waals surface area (Å²) in [6.07, 6.45) is 1.58. The molecule has 34 heavy (non-hydrogen) atoms. The van der Waals surface area contributed by atoms with E-state index in [0.717, 1.165) is 17.7 Å². The summed E-state index contributed by atoms with van der Waals surface area (Å²) in [7, 11) is 0. The smallest absolute Gasteiger partial charge is 0.416 e. The van der Waals surface area contributed by atoms with Crippen LogP contribution in [0.1, 0.15) is 33.4 Å². The van der Waals surface area contributed by atoms with E-state index in [9.17, 15) is 18.0 Å². The number of nitrogens with zero attached hydrogens (tertiary/aromatic N) is 4. The largest absolute Gasteiger partial charge is 0.489 e. The van der Waals surface area contributed by atoms with Gasteiger partial charge in [-0.2, -0.15) is 18.3 Å². The maximum atomic E-state index is 13.5. The van der Waals surface area contributed by atoms with Crippen LogP contribution in [0.4, 0.5) is 13.2 Å². The van der Waals surface area contributed by atoms with Gasteiger partial charge in [-0.15, -0.1) is 11.3 Å². The number of thiazole rings is 1. The SMILES string of the molecule is CCOC(=O)c1cnn(Cc2nc(-c3cc(OCc4cccnc4)cc(C(F)(F)F)c3)cs2)c1. The fourth-order valence-electron chi connectivity index (χ4n) is 3.07. The Hall–Kier alpha value is -3.73. The van der Waals surface area contributed by atoms with Crippen molar-refractivity contribution in [1.82, 2.24) is 19.7 Å². The Bertz CT molecular complexity index is 1270. The number of ether oxygens (including phenoxy) is 2. The van der Waals surface area contributed by atoms with E-state index >= 15 is 0 Å². The summed E-state index contributed by atoms with van der Waals surface area (Å²) < 4.78 is 52.6. The molecule has 0 radical (unpaired) electrons. The Morgan fingerprint density at radius 1 is 1.21 bits per heavy atom. The molecule has 0 atom stereocenters. The monoisotopic (exact) mass is 488 g/mol. The van der Waals surface area contributed by atoms with Crippen LogP contribution in [0.5, 0.6) is 5.75 Å². The maximum Gasteiger partial charge on any atom is 0.416 e. The summed E-state index contributed by atoms with van der Waals surface area (Å²) in [6, 6.07) is 7.03. The van der Waals surface area contributed by atoms with E-state index in [1.54, 1.807) is 36.8 Å². The van der Waals surface area contributed by atoms with E-state index in [1.807, 2.05) is 0 Å². The first-order valence-corrected chi connectivity index (χ1v) is 11.1. The van der Waals surface area contributed by atoms with Gasteiger partial charge < -0.3 is 9.47 Å². The normalized spacial score (nSPS) is 11.4. The molecule has 0 amide bonds. The third kappa shape index (κ3) is 5.79. The van der Waals surface area contributed by atoms with Gasteiger partial charge in [-0.1, -0.05) is 6.07 Å². The molecule has 7 nitrogen and oxygen atoms in total. The van der Waals surface area contributed by atoms with E-state index in [-0.39, 0.29) is 31.1 Å². The molecule has 0 unspecified atom stereocenters. The van der Waals surface area contributed by atoms with E-state index in [0.29, 0.717) is 16.3 Å². The molecule has 3 aromatic heterocycles. The van der Waals surface area contributed by atoms with E-state index in [2.05, 4.69) is 15.1 Å². The average Bonchev–Trinajstić information content (AvgIpc) is 3.48. The quantitative estimate of drug-likeness (QED) is 0.316. The zero-order chi connectivity index (χ0) is 24.1. The number of carbonyl (C=O) groups is 1. The minimum Gasteiger partial charge on any atom is -0.489 e. The molecule has 176 valence electrons. The number of alkyl halides is 3. The van der Waals surface area contributed by atoms with Gasteiger partial charge in [0, 0.05) is 35.1 Å². The number of aromatic nitrogens is 4. The van der Waals surface area contributed by atoms with Crippen LogP contribution in [0.3, 0.4) is 0 Å². The van der Waals surface area contributed by atoms with Crippen LogP contribution in [-0.4, -0.2) is 32.3 Å². The Labute approximate surface area is 196 Å². The molecule has 0 spiro atoms. The molecular formula is C23H19F3N4O3S. The summed E-state index contributed by atoms with van der Waals surface area (Å²) in [6.45, 7) is 2.31. The number of halogens is 3. The summed E-state index contributed by atoms with van der Waals surface area (Å²) in [4.78, 5) is 20.2. The van der Waals surface area contributed by atoms with Gasteiger partial charge in [-0.05, 0) is 31.2 Å². The van der Waals surface area contributed by atoms with Crippen LogP contribution < -0.4 is 4.74 Å². The second-order valence-electron chi connectivity index (χ2n) is 7.17. The molecule has 0 fully saturated rings. The van der Waals surface area contributed by atoms with Crippen molar-refractivity contribution in [2.24, 2.45) is 0 Å². The fourth-order valence-corrected chi connectivity index (χ4v) is 3.86. The van der Waals surface area contributed by atoms with Crippen molar-refractivity contribution >= 4 is 17.3 Å². The Morgan fingerprint density at radius 2 is 2.06 bits per heavy atom. The number of hydrogen-bond acceptors (Lipinski definition) is 7. The molecule has 0 aliphatic carbocycles. The number of esters is 1. The van der Waals surface area contributed by atoms with Crippen molar-refractivity contribution in [1.29, 1.82) is 0 Å². The Kier molecular flexibility index (Phi) is 6.92. The first kappa shape index (κ1) is 23.4. The lowest BCUT2D eigenvalue weighted by molar-refractivity contribution is -0.137. The molecule has 4 aromatic rings. The summed E-state index contributed by atoms with van der Waals surface area (Å²) in [5, 5.41) is 6.41. The topological polar surface area (TPSA) is 79.1 Å². The standard InChI is InChI=1S/C23H19F3N4O3S/c1-2-32-22(31)17-10-28-30(11-17)12-21-29-20(14-34-21)16-6-18(23(24,25)26)8-19(7-16)33-13-15-4-3-5-27-9-15/h3-11,14H,2,12-13H2,1H3. The summed E-state index contributed by atoms with van der Waals surface area (Å²) >= 11 is 1.28. The lowest BCUT2D eigenvalue weighted by Crippen LogP contribution is -2.06. The van der Waals surface area contributed by atoms with Crippen LogP contribution >= 0.6 is 11.3 Å². The van der Waals surface area contributed by atoms with Gasteiger partial charge in [0.1, 0.15) is 17.4 Å². The maximum absolute atomic E-state index is 13.5. The number of rotatable bonds is 8. The van der Waals surface area contributed by atoms with Gasteiger partial charge in [0.2, 0.25) is 0 Å².